The van der Waals surface area contributed by atoms with E-state index < -0.39 is 6.08 Å². The van der Waals surface area contributed by atoms with Crippen LogP contribution in [0.4, 0.5) is 10.2 Å². The van der Waals surface area contributed by atoms with Gasteiger partial charge < -0.3 is 29.5 Å². The lowest BCUT2D eigenvalue weighted by Gasteiger charge is -2.20. The van der Waals surface area contributed by atoms with Gasteiger partial charge in [-0.25, -0.2) is 9.97 Å². The lowest BCUT2D eigenvalue weighted by Crippen LogP contribution is -2.36. The normalized spacial score (nSPS) is 13.2. The highest BCUT2D eigenvalue weighted by molar-refractivity contribution is 5.82. The second kappa shape index (κ2) is 8.81. The Labute approximate surface area is 201 Å². The van der Waals surface area contributed by atoms with Gasteiger partial charge in [-0.05, 0) is 58.4 Å². The molecule has 1 aliphatic heterocycles. The van der Waals surface area contributed by atoms with Gasteiger partial charge in [0.1, 0.15) is 11.6 Å². The second-order valence-electron chi connectivity index (χ2n) is 9.58. The van der Waals surface area contributed by atoms with Gasteiger partial charge in [-0.2, -0.15) is 14.4 Å². The Balaban J connectivity index is 1.55. The number of halogens is 1. The summed E-state index contributed by atoms with van der Waals surface area (Å²) in [5.74, 6) is 3.10. The van der Waals surface area contributed by atoms with Crippen molar-refractivity contribution in [3.05, 3.63) is 41.6 Å². The van der Waals surface area contributed by atoms with Crippen LogP contribution < -0.4 is 20.5 Å². The van der Waals surface area contributed by atoms with Gasteiger partial charge in [-0.3, -0.25) is 0 Å². The fraction of sp³-hybridized carbons (Fsp3) is 0.417. The number of fused-ring (bicyclic) bond motifs is 2. The SMILES string of the molecule is Cc1cnc(-c2cc3c(cc2Cc2nc4c(N)nc(F)nc4n2CCCNC(C)(C)C)OCO3)o1. The highest BCUT2D eigenvalue weighted by Gasteiger charge is 2.23. The Morgan fingerprint density at radius 1 is 1.14 bits per heavy atom. The van der Waals surface area contributed by atoms with Crippen molar-refractivity contribution in [3.8, 4) is 23.0 Å². The fourth-order valence-electron chi connectivity index (χ4n) is 4.09. The minimum absolute atomic E-state index is 0.00585. The molecule has 10 nitrogen and oxygen atoms in total. The molecule has 3 N–H and O–H groups in total. The van der Waals surface area contributed by atoms with E-state index >= 15 is 0 Å². The molecule has 1 aliphatic rings. The van der Waals surface area contributed by atoms with Crippen LogP contribution in [0.1, 0.15) is 44.3 Å². The molecule has 0 unspecified atom stereocenters. The molecule has 0 spiro atoms. The van der Waals surface area contributed by atoms with Crippen molar-refractivity contribution in [1.29, 1.82) is 0 Å². The van der Waals surface area contributed by atoms with Crippen molar-refractivity contribution in [1.82, 2.24) is 29.8 Å². The number of hydrogen-bond acceptors (Lipinski definition) is 9. The van der Waals surface area contributed by atoms with Gasteiger partial charge in [0.15, 0.2) is 28.5 Å². The van der Waals surface area contributed by atoms with Crippen molar-refractivity contribution in [2.75, 3.05) is 19.1 Å². The molecule has 35 heavy (non-hydrogen) atoms. The molecule has 0 radical (unpaired) electrons. The summed E-state index contributed by atoms with van der Waals surface area (Å²) < 4.78 is 33.0. The first-order valence-corrected chi connectivity index (χ1v) is 11.5. The number of aryl methyl sites for hydroxylation is 2. The van der Waals surface area contributed by atoms with Crippen LogP contribution in [-0.4, -0.2) is 43.4 Å². The molecule has 11 heteroatoms. The lowest BCUT2D eigenvalue weighted by atomic mass is 10.0. The monoisotopic (exact) mass is 481 g/mol. The third kappa shape index (κ3) is 4.76. The van der Waals surface area contributed by atoms with Crippen LogP contribution in [0.15, 0.2) is 22.7 Å². The van der Waals surface area contributed by atoms with E-state index in [2.05, 4.69) is 41.0 Å². The Bertz CT molecular complexity index is 1390. The number of imidazole rings is 1. The fourth-order valence-corrected chi connectivity index (χ4v) is 4.09. The van der Waals surface area contributed by atoms with E-state index in [1.807, 2.05) is 23.6 Å². The Morgan fingerprint density at radius 3 is 2.63 bits per heavy atom. The summed E-state index contributed by atoms with van der Waals surface area (Å²) in [6.45, 7) is 9.66. The van der Waals surface area contributed by atoms with Gasteiger partial charge in [0.05, 0.1) is 6.20 Å². The van der Waals surface area contributed by atoms with Crippen LogP contribution in [0, 0.1) is 13.0 Å². The zero-order valence-electron chi connectivity index (χ0n) is 20.2. The predicted molar refractivity (Wildman–Crippen MR) is 128 cm³/mol. The van der Waals surface area contributed by atoms with Crippen LogP contribution >= 0.6 is 0 Å². The summed E-state index contributed by atoms with van der Waals surface area (Å²) in [7, 11) is 0. The molecule has 0 amide bonds. The van der Waals surface area contributed by atoms with Crippen molar-refractivity contribution < 1.29 is 18.3 Å². The number of hydrogen-bond donors (Lipinski definition) is 2. The van der Waals surface area contributed by atoms with Gasteiger partial charge in [0.25, 0.3) is 0 Å². The zero-order valence-corrected chi connectivity index (χ0v) is 20.2. The second-order valence-corrected chi connectivity index (χ2v) is 9.58. The highest BCUT2D eigenvalue weighted by Crippen LogP contribution is 2.39. The lowest BCUT2D eigenvalue weighted by molar-refractivity contribution is 0.174. The number of benzene rings is 1. The first-order chi connectivity index (χ1) is 16.7. The maximum atomic E-state index is 14.1. The number of nitrogens with two attached hydrogens (primary N) is 1. The molecule has 0 saturated heterocycles. The first-order valence-electron chi connectivity index (χ1n) is 11.5. The minimum atomic E-state index is -0.880. The van der Waals surface area contributed by atoms with Crippen LogP contribution in [0.3, 0.4) is 0 Å². The number of ether oxygens (including phenoxy) is 2. The Morgan fingerprint density at radius 2 is 1.91 bits per heavy atom. The van der Waals surface area contributed by atoms with E-state index in [1.165, 1.54) is 0 Å². The molecular weight excluding hydrogens is 453 g/mol. The molecule has 0 saturated carbocycles. The molecule has 4 heterocycles. The van der Waals surface area contributed by atoms with Crippen LogP contribution in [0.5, 0.6) is 11.5 Å². The van der Waals surface area contributed by atoms with Crippen LogP contribution in [0.25, 0.3) is 22.6 Å². The summed E-state index contributed by atoms with van der Waals surface area (Å²) in [6.07, 6.45) is 1.96. The van der Waals surface area contributed by atoms with Gasteiger partial charge >= 0.3 is 6.08 Å². The molecule has 0 bridgehead atoms. The van der Waals surface area contributed by atoms with E-state index in [0.717, 1.165) is 24.1 Å². The van der Waals surface area contributed by atoms with E-state index in [0.29, 0.717) is 53.1 Å². The summed E-state index contributed by atoms with van der Waals surface area (Å²) in [4.78, 5) is 16.8. The molecule has 3 aromatic heterocycles. The summed E-state index contributed by atoms with van der Waals surface area (Å²) in [6, 6.07) is 3.76. The smallest absolute Gasteiger partial charge is 0.312 e. The first kappa shape index (κ1) is 23.0. The van der Waals surface area contributed by atoms with E-state index in [4.69, 9.17) is 24.6 Å². The molecular formula is C24H28FN7O3. The van der Waals surface area contributed by atoms with Gasteiger partial charge in [-0.15, -0.1) is 0 Å². The Hall–Kier alpha value is -3.73. The topological polar surface area (TPSA) is 126 Å². The summed E-state index contributed by atoms with van der Waals surface area (Å²) in [5, 5.41) is 3.47. The van der Waals surface area contributed by atoms with Gasteiger partial charge in [0, 0.05) is 24.1 Å². The quantitative estimate of drug-likeness (QED) is 0.301. The summed E-state index contributed by atoms with van der Waals surface area (Å²) in [5.41, 5.74) is 8.37. The number of nitrogens with one attached hydrogen (secondary N) is 1. The Kier molecular flexibility index (Phi) is 5.79. The van der Waals surface area contributed by atoms with E-state index in [9.17, 15) is 4.39 Å². The van der Waals surface area contributed by atoms with Crippen LogP contribution in [-0.2, 0) is 13.0 Å². The van der Waals surface area contributed by atoms with Crippen LogP contribution in [0.2, 0.25) is 0 Å². The molecule has 4 aromatic rings. The van der Waals surface area contributed by atoms with Crippen molar-refractivity contribution >= 4 is 17.0 Å². The molecule has 184 valence electrons. The summed E-state index contributed by atoms with van der Waals surface area (Å²) >= 11 is 0. The average Bonchev–Trinajstić information content (AvgIpc) is 3.49. The zero-order chi connectivity index (χ0) is 24.7. The number of nitrogens with zero attached hydrogens (tertiary/aromatic N) is 5. The molecule has 0 aliphatic carbocycles. The third-order valence-corrected chi connectivity index (χ3v) is 5.69. The predicted octanol–water partition coefficient (Wildman–Crippen LogP) is 3.61. The maximum Gasteiger partial charge on any atom is 0.312 e. The standard InChI is InChI=1S/C24H28FN7O3/c1-13-11-27-22(35-13)15-10-17-16(33-12-34-17)8-14(15)9-18-29-19-20(26)30-23(25)31-21(19)32(18)7-5-6-28-24(2,3)4/h8,10-11,28H,5-7,9,12H2,1-4H3,(H2,26,30,31). The molecule has 5 rings (SSSR count). The number of aromatic nitrogens is 5. The number of anilines is 1. The molecule has 1 aromatic carbocycles. The van der Waals surface area contributed by atoms with Gasteiger partial charge in [0.2, 0.25) is 12.7 Å². The maximum absolute atomic E-state index is 14.1. The average molecular weight is 482 g/mol. The largest absolute Gasteiger partial charge is 0.454 e. The molecule has 0 atom stereocenters. The van der Waals surface area contributed by atoms with Crippen molar-refractivity contribution in [3.63, 3.8) is 0 Å². The minimum Gasteiger partial charge on any atom is -0.454 e. The number of nitrogen functional groups attached to an aromatic ring is 1. The van der Waals surface area contributed by atoms with Crippen molar-refractivity contribution in [2.24, 2.45) is 0 Å². The third-order valence-electron chi connectivity index (χ3n) is 5.69. The number of rotatable bonds is 7. The highest BCUT2D eigenvalue weighted by atomic mass is 19.1. The van der Waals surface area contributed by atoms with Crippen molar-refractivity contribution in [2.45, 2.75) is 52.6 Å². The van der Waals surface area contributed by atoms with Gasteiger partial charge in [-0.1, -0.05) is 0 Å². The van der Waals surface area contributed by atoms with E-state index in [-0.39, 0.29) is 18.1 Å². The van der Waals surface area contributed by atoms with E-state index in [1.54, 1.807) is 6.20 Å². The number of oxazole rings is 1. The molecule has 0 fully saturated rings.